The van der Waals surface area contributed by atoms with Crippen LogP contribution in [0.3, 0.4) is 0 Å². The molecule has 0 aromatic rings. The third-order valence-electron chi connectivity index (χ3n) is 7.18. The van der Waals surface area contributed by atoms with Gasteiger partial charge in [0.15, 0.2) is 0 Å². The van der Waals surface area contributed by atoms with Gasteiger partial charge in [0.05, 0.1) is 19.2 Å². The molecule has 0 aromatic carbocycles. The molecule has 4 aliphatic carbocycles. The highest BCUT2D eigenvalue weighted by Gasteiger charge is 2.63. The number of carbonyl (C=O) groups excluding carboxylic acids is 2. The van der Waals surface area contributed by atoms with Gasteiger partial charge in [-0.2, -0.15) is 0 Å². The third kappa shape index (κ3) is 4.72. The Morgan fingerprint density at radius 1 is 0.844 bits per heavy atom. The molecule has 0 heterocycles. The molecule has 4 rings (SSSR count). The molecule has 4 aliphatic rings. The van der Waals surface area contributed by atoms with Crippen LogP contribution >= 0.6 is 0 Å². The quantitative estimate of drug-likeness (QED) is 0.349. The predicted octanol–water partition coefficient (Wildman–Crippen LogP) is 6.37. The first kappa shape index (κ1) is 25.5. The number of hydrogen-bond donors (Lipinski definition) is 0. The Balaban J connectivity index is 2.20. The first-order valence-corrected chi connectivity index (χ1v) is 19.2. The molecule has 1 fully saturated rings. The summed E-state index contributed by atoms with van der Waals surface area (Å²) < 4.78 is 11.8. The molecular weight excluding hydrogens is 432 g/mol. The lowest BCUT2D eigenvalue weighted by atomic mass is 9.51. The average Bonchev–Trinajstić information content (AvgIpc) is 2.47. The lowest BCUT2D eigenvalue weighted by Gasteiger charge is -2.63. The molecule has 0 unspecified atom stereocenters. The van der Waals surface area contributed by atoms with E-state index < -0.39 is 27.3 Å². The van der Waals surface area contributed by atoms with Gasteiger partial charge in [0, 0.05) is 19.9 Å². The van der Waals surface area contributed by atoms with Crippen LogP contribution in [0, 0.1) is 23.7 Å². The van der Waals surface area contributed by atoms with Crippen LogP contribution in [0.5, 0.6) is 0 Å². The van der Waals surface area contributed by atoms with Gasteiger partial charge in [-0.15, -0.1) is 0 Å². The van der Waals surface area contributed by atoms with Gasteiger partial charge in [0.25, 0.3) is 0 Å². The standard InChI is InChI=1S/C26H44O4Si2/c1-25(2,3)29-23(27)20-16-14-18(32(10,11)12)21(22(20)24(28)30-26(4,5)6)19-15(16)13-17(19)31(7,8)9/h14-17,19,21H,13H2,1-12H3/t15-,16+,17+,19+,21-/m1/s1. The Kier molecular flexibility index (Phi) is 6.12. The Morgan fingerprint density at radius 2 is 1.31 bits per heavy atom. The van der Waals surface area contributed by atoms with Crippen LogP contribution < -0.4 is 0 Å². The highest BCUT2D eigenvalue weighted by molar-refractivity contribution is 6.83. The maximum absolute atomic E-state index is 13.7. The van der Waals surface area contributed by atoms with Gasteiger partial charge in [0.1, 0.15) is 11.2 Å². The summed E-state index contributed by atoms with van der Waals surface area (Å²) in [6, 6.07) is 0. The molecular formula is C26H44O4Si2. The number of rotatable bonds is 4. The van der Waals surface area contributed by atoms with Crippen LogP contribution in [0.15, 0.2) is 22.4 Å². The molecule has 4 nitrogen and oxygen atoms in total. The first-order valence-electron chi connectivity index (χ1n) is 12.2. The summed E-state index contributed by atoms with van der Waals surface area (Å²) in [6.07, 6.45) is 3.52. The van der Waals surface area contributed by atoms with Crippen molar-refractivity contribution >= 4 is 28.1 Å². The molecule has 180 valence electrons. The Labute approximate surface area is 197 Å². The minimum atomic E-state index is -1.71. The second-order valence-electron chi connectivity index (χ2n) is 14.2. The van der Waals surface area contributed by atoms with Crippen molar-refractivity contribution in [3.8, 4) is 0 Å². The number of allylic oxidation sites excluding steroid dienone is 2. The zero-order chi connectivity index (χ0) is 24.6. The van der Waals surface area contributed by atoms with E-state index in [0.717, 1.165) is 6.42 Å². The Hall–Kier alpha value is -1.15. The summed E-state index contributed by atoms with van der Waals surface area (Å²) in [7, 11) is -3.12. The number of hydrogen-bond acceptors (Lipinski definition) is 4. The van der Waals surface area contributed by atoms with Crippen molar-refractivity contribution < 1.29 is 19.1 Å². The van der Waals surface area contributed by atoms with Crippen molar-refractivity contribution in [3.05, 3.63) is 22.4 Å². The van der Waals surface area contributed by atoms with Gasteiger partial charge < -0.3 is 9.47 Å². The molecule has 0 aromatic heterocycles. The van der Waals surface area contributed by atoms with Crippen LogP contribution in [0.4, 0.5) is 0 Å². The fraction of sp³-hybridized carbons (Fsp3) is 0.769. The largest absolute Gasteiger partial charge is 0.457 e. The van der Waals surface area contributed by atoms with Gasteiger partial charge in [-0.25, -0.2) is 9.59 Å². The van der Waals surface area contributed by atoms with Gasteiger partial charge in [-0.3, -0.25) is 0 Å². The number of ether oxygens (including phenoxy) is 2. The molecule has 0 N–H and O–H groups in total. The molecule has 0 spiro atoms. The van der Waals surface area contributed by atoms with Crippen molar-refractivity contribution in [3.63, 3.8) is 0 Å². The fourth-order valence-corrected chi connectivity index (χ4v) is 10.5. The topological polar surface area (TPSA) is 52.6 Å². The molecule has 32 heavy (non-hydrogen) atoms. The van der Waals surface area contributed by atoms with Crippen LogP contribution in [-0.2, 0) is 19.1 Å². The lowest BCUT2D eigenvalue weighted by molar-refractivity contribution is -0.156. The van der Waals surface area contributed by atoms with Crippen molar-refractivity contribution in [1.29, 1.82) is 0 Å². The van der Waals surface area contributed by atoms with E-state index >= 15 is 0 Å². The molecule has 0 saturated heterocycles. The minimum Gasteiger partial charge on any atom is -0.457 e. The van der Waals surface area contributed by atoms with E-state index in [1.54, 1.807) is 0 Å². The van der Waals surface area contributed by atoms with E-state index in [4.69, 9.17) is 9.47 Å². The van der Waals surface area contributed by atoms with Gasteiger partial charge in [-0.1, -0.05) is 50.6 Å². The van der Waals surface area contributed by atoms with Crippen molar-refractivity contribution in [1.82, 2.24) is 0 Å². The summed E-state index contributed by atoms with van der Waals surface area (Å²) in [6.45, 7) is 25.7. The van der Waals surface area contributed by atoms with Crippen LogP contribution in [0.25, 0.3) is 0 Å². The zero-order valence-corrected chi connectivity index (χ0v) is 24.3. The van der Waals surface area contributed by atoms with Crippen LogP contribution in [0.2, 0.25) is 44.8 Å². The second-order valence-corrected chi connectivity index (χ2v) is 24.7. The molecule has 5 atom stereocenters. The van der Waals surface area contributed by atoms with Gasteiger partial charge in [0.2, 0.25) is 0 Å². The van der Waals surface area contributed by atoms with Gasteiger partial charge >= 0.3 is 11.9 Å². The highest BCUT2D eigenvalue weighted by atomic mass is 28.3. The summed E-state index contributed by atoms with van der Waals surface area (Å²) in [5, 5.41) is 1.43. The zero-order valence-electron chi connectivity index (χ0n) is 22.3. The SMILES string of the molecule is CC(C)(C)OC(=O)C1=C(C(=O)OC(C)(C)C)[C@H]2C=C([Si](C)(C)C)[C@@H]1[C@H]1[C@@H]2C[C@@H]1[Si](C)(C)C. The normalized spacial score (nSPS) is 30.4. The van der Waals surface area contributed by atoms with Crippen LogP contribution in [-0.4, -0.2) is 39.3 Å². The van der Waals surface area contributed by atoms with E-state index in [9.17, 15) is 9.59 Å². The summed E-state index contributed by atoms with van der Waals surface area (Å²) in [5.74, 6) is 0.194. The number of carbonyl (C=O) groups is 2. The average molecular weight is 477 g/mol. The summed E-state index contributed by atoms with van der Waals surface area (Å²) in [4.78, 5) is 27.2. The first-order chi connectivity index (χ1) is 14.2. The highest BCUT2D eigenvalue weighted by Crippen LogP contribution is 2.67. The van der Waals surface area contributed by atoms with E-state index in [1.807, 2.05) is 41.5 Å². The van der Waals surface area contributed by atoms with E-state index in [-0.39, 0.29) is 23.8 Å². The van der Waals surface area contributed by atoms with Crippen molar-refractivity contribution in [2.45, 2.75) is 104 Å². The monoisotopic (exact) mass is 476 g/mol. The van der Waals surface area contributed by atoms with Crippen molar-refractivity contribution in [2.24, 2.45) is 23.7 Å². The minimum absolute atomic E-state index is 0.000454. The van der Waals surface area contributed by atoms with Crippen molar-refractivity contribution in [2.75, 3.05) is 0 Å². The Bertz CT molecular complexity index is 871. The summed E-state index contributed by atoms with van der Waals surface area (Å²) >= 11 is 0. The van der Waals surface area contributed by atoms with Gasteiger partial charge in [-0.05, 0) is 65.3 Å². The molecule has 0 aliphatic heterocycles. The van der Waals surface area contributed by atoms with E-state index in [0.29, 0.717) is 28.5 Å². The smallest absolute Gasteiger partial charge is 0.335 e. The van der Waals surface area contributed by atoms with Crippen LogP contribution in [0.1, 0.15) is 48.0 Å². The molecule has 2 bridgehead atoms. The van der Waals surface area contributed by atoms with E-state index in [2.05, 4.69) is 45.4 Å². The maximum Gasteiger partial charge on any atom is 0.335 e. The lowest BCUT2D eigenvalue weighted by Crippen LogP contribution is -2.59. The number of esters is 2. The fourth-order valence-electron chi connectivity index (χ4n) is 5.99. The third-order valence-corrected chi connectivity index (χ3v) is 12.2. The second kappa shape index (κ2) is 7.69. The molecule has 1 saturated carbocycles. The Morgan fingerprint density at radius 3 is 1.72 bits per heavy atom. The molecule has 6 heteroatoms. The molecule has 0 amide bonds. The summed E-state index contributed by atoms with van der Waals surface area (Å²) in [5.41, 5.74) is 0.642. The predicted molar refractivity (Wildman–Crippen MR) is 136 cm³/mol. The maximum atomic E-state index is 13.7. The van der Waals surface area contributed by atoms with E-state index in [1.165, 1.54) is 5.20 Å². The molecule has 0 radical (unpaired) electrons.